The molecule has 3 rings (SSSR count). The number of hydrogen-bond donors (Lipinski definition) is 1. The van der Waals surface area contributed by atoms with E-state index in [0.29, 0.717) is 23.2 Å². The van der Waals surface area contributed by atoms with Gasteiger partial charge in [0.05, 0.1) is 0 Å². The molecule has 0 aromatic rings. The Bertz CT molecular complexity index is 276. The molecule has 0 aliphatic heterocycles. The van der Waals surface area contributed by atoms with Crippen molar-refractivity contribution in [3.05, 3.63) is 0 Å². The molecule has 0 bridgehead atoms. The summed E-state index contributed by atoms with van der Waals surface area (Å²) in [7, 11) is 0. The molecule has 2 nitrogen and oxygen atoms in total. The van der Waals surface area contributed by atoms with Crippen LogP contribution in [0.1, 0.15) is 44.9 Å². The summed E-state index contributed by atoms with van der Waals surface area (Å²) in [6, 6.07) is 0.402. The molecular weight excluding hydrogens is 222 g/mol. The van der Waals surface area contributed by atoms with Gasteiger partial charge < -0.3 is 5.32 Å². The van der Waals surface area contributed by atoms with E-state index in [-0.39, 0.29) is 0 Å². The van der Waals surface area contributed by atoms with Crippen LogP contribution in [0.15, 0.2) is 0 Å². The van der Waals surface area contributed by atoms with E-state index in [1.165, 1.54) is 6.42 Å². The minimum Gasteiger partial charge on any atom is -0.353 e. The van der Waals surface area contributed by atoms with Crippen LogP contribution in [0.4, 0.5) is 0 Å². The van der Waals surface area contributed by atoms with Gasteiger partial charge in [0.15, 0.2) is 0 Å². The Hall–Kier alpha value is -0.240. The number of fused-ring (bicyclic) bond motifs is 1. The van der Waals surface area contributed by atoms with Gasteiger partial charge in [-0.15, -0.1) is 11.6 Å². The van der Waals surface area contributed by atoms with Gasteiger partial charge in [-0.3, -0.25) is 4.79 Å². The standard InChI is InChI=1S/C13H20ClNO/c14-11-1-3-12(4-2-11)15-13(16)10-6-8-5-9(8)7-10/h8-12H,1-7H2,(H,15,16). The molecule has 0 saturated heterocycles. The first-order valence-corrected chi connectivity index (χ1v) is 7.10. The van der Waals surface area contributed by atoms with Crippen molar-refractivity contribution in [2.75, 3.05) is 0 Å². The van der Waals surface area contributed by atoms with Crippen molar-refractivity contribution in [3.63, 3.8) is 0 Å². The minimum absolute atomic E-state index is 0.324. The first-order chi connectivity index (χ1) is 7.72. The van der Waals surface area contributed by atoms with E-state index in [4.69, 9.17) is 11.6 Å². The predicted molar refractivity (Wildman–Crippen MR) is 64.4 cm³/mol. The molecule has 0 heterocycles. The van der Waals surface area contributed by atoms with Crippen molar-refractivity contribution in [2.45, 2.75) is 56.4 Å². The quantitative estimate of drug-likeness (QED) is 0.740. The van der Waals surface area contributed by atoms with Crippen LogP contribution >= 0.6 is 11.6 Å². The lowest BCUT2D eigenvalue weighted by Crippen LogP contribution is -2.40. The van der Waals surface area contributed by atoms with E-state index < -0.39 is 0 Å². The Labute approximate surface area is 102 Å². The zero-order chi connectivity index (χ0) is 11.1. The number of carbonyl (C=O) groups excluding carboxylic acids is 1. The topological polar surface area (TPSA) is 29.1 Å². The van der Waals surface area contributed by atoms with Crippen LogP contribution in [0.3, 0.4) is 0 Å². The Kier molecular flexibility index (Phi) is 2.87. The van der Waals surface area contributed by atoms with Crippen molar-refractivity contribution < 1.29 is 4.79 Å². The van der Waals surface area contributed by atoms with E-state index in [1.807, 2.05) is 0 Å². The molecule has 0 radical (unpaired) electrons. The molecule has 2 atom stereocenters. The second-order valence-corrected chi connectivity index (χ2v) is 6.50. The first-order valence-electron chi connectivity index (χ1n) is 6.67. The molecule has 1 N–H and O–H groups in total. The van der Waals surface area contributed by atoms with E-state index in [2.05, 4.69) is 5.32 Å². The summed E-state index contributed by atoms with van der Waals surface area (Å²) in [6.45, 7) is 0. The number of nitrogens with one attached hydrogen (secondary N) is 1. The molecule has 2 unspecified atom stereocenters. The largest absolute Gasteiger partial charge is 0.353 e. The molecule has 3 aliphatic carbocycles. The monoisotopic (exact) mass is 241 g/mol. The molecular formula is C13H20ClNO. The van der Waals surface area contributed by atoms with Gasteiger partial charge in [0.2, 0.25) is 5.91 Å². The maximum absolute atomic E-state index is 12.0. The Morgan fingerprint density at radius 1 is 1.00 bits per heavy atom. The highest BCUT2D eigenvalue weighted by molar-refractivity contribution is 6.20. The molecule has 90 valence electrons. The number of alkyl halides is 1. The van der Waals surface area contributed by atoms with Crippen molar-refractivity contribution >= 4 is 17.5 Å². The van der Waals surface area contributed by atoms with Crippen LogP contribution in [0.5, 0.6) is 0 Å². The molecule has 3 saturated carbocycles. The van der Waals surface area contributed by atoms with Gasteiger partial charge in [-0.1, -0.05) is 0 Å². The smallest absolute Gasteiger partial charge is 0.223 e. The Morgan fingerprint density at radius 2 is 1.62 bits per heavy atom. The summed E-state index contributed by atoms with van der Waals surface area (Å²) in [6.07, 6.45) is 7.95. The number of rotatable bonds is 2. The Morgan fingerprint density at radius 3 is 2.25 bits per heavy atom. The number of halogens is 1. The maximum Gasteiger partial charge on any atom is 0.223 e. The third kappa shape index (κ3) is 2.22. The summed E-state index contributed by atoms with van der Waals surface area (Å²) in [5, 5.41) is 3.56. The minimum atomic E-state index is 0.324. The fourth-order valence-electron chi connectivity index (χ4n) is 3.44. The average Bonchev–Trinajstić information content (AvgIpc) is 2.89. The molecule has 16 heavy (non-hydrogen) atoms. The van der Waals surface area contributed by atoms with Crippen LogP contribution in [0, 0.1) is 17.8 Å². The molecule has 3 fully saturated rings. The van der Waals surface area contributed by atoms with Crippen LogP contribution in [-0.2, 0) is 4.79 Å². The zero-order valence-corrected chi connectivity index (χ0v) is 10.4. The molecule has 0 aromatic heterocycles. The molecule has 0 aromatic carbocycles. The lowest BCUT2D eigenvalue weighted by molar-refractivity contribution is -0.126. The average molecular weight is 242 g/mol. The van der Waals surface area contributed by atoms with Gasteiger partial charge >= 0.3 is 0 Å². The maximum atomic E-state index is 12.0. The zero-order valence-electron chi connectivity index (χ0n) is 9.62. The number of hydrogen-bond acceptors (Lipinski definition) is 1. The second-order valence-electron chi connectivity index (χ2n) is 5.88. The van der Waals surface area contributed by atoms with Gasteiger partial charge in [0.25, 0.3) is 0 Å². The van der Waals surface area contributed by atoms with Gasteiger partial charge in [0.1, 0.15) is 0 Å². The highest BCUT2D eigenvalue weighted by atomic mass is 35.5. The van der Waals surface area contributed by atoms with Crippen molar-refractivity contribution in [1.82, 2.24) is 5.32 Å². The fourth-order valence-corrected chi connectivity index (χ4v) is 3.70. The molecule has 3 aliphatic rings. The second kappa shape index (κ2) is 4.21. The first kappa shape index (κ1) is 10.9. The SMILES string of the molecule is O=C(NC1CCC(Cl)CC1)C1CC2CC2C1. The van der Waals surface area contributed by atoms with Crippen LogP contribution in [0.2, 0.25) is 0 Å². The van der Waals surface area contributed by atoms with Crippen LogP contribution < -0.4 is 5.32 Å². The van der Waals surface area contributed by atoms with E-state index in [1.54, 1.807) is 0 Å². The summed E-state index contributed by atoms with van der Waals surface area (Å²) in [5.41, 5.74) is 0. The summed E-state index contributed by atoms with van der Waals surface area (Å²) < 4.78 is 0. The van der Waals surface area contributed by atoms with Crippen LogP contribution in [-0.4, -0.2) is 17.3 Å². The van der Waals surface area contributed by atoms with Crippen molar-refractivity contribution in [3.8, 4) is 0 Å². The predicted octanol–water partition coefficient (Wildman–Crippen LogP) is 2.70. The fraction of sp³-hybridized carbons (Fsp3) is 0.923. The van der Waals surface area contributed by atoms with Gasteiger partial charge in [0, 0.05) is 17.3 Å². The van der Waals surface area contributed by atoms with Gasteiger partial charge in [-0.2, -0.15) is 0 Å². The summed E-state index contributed by atoms with van der Waals surface area (Å²) >= 11 is 6.06. The molecule has 1 amide bonds. The van der Waals surface area contributed by atoms with Crippen LogP contribution in [0.25, 0.3) is 0 Å². The molecule has 0 spiro atoms. The molecule has 3 heteroatoms. The lowest BCUT2D eigenvalue weighted by Gasteiger charge is -2.27. The van der Waals surface area contributed by atoms with Crippen molar-refractivity contribution in [1.29, 1.82) is 0 Å². The Balaban J connectivity index is 1.45. The third-order valence-electron chi connectivity index (χ3n) is 4.62. The summed E-state index contributed by atoms with van der Waals surface area (Å²) in [4.78, 5) is 12.0. The van der Waals surface area contributed by atoms with Gasteiger partial charge in [-0.25, -0.2) is 0 Å². The van der Waals surface area contributed by atoms with Gasteiger partial charge in [-0.05, 0) is 56.8 Å². The lowest BCUT2D eigenvalue weighted by atomic mass is 9.94. The van der Waals surface area contributed by atoms with E-state index >= 15 is 0 Å². The number of amides is 1. The highest BCUT2D eigenvalue weighted by Crippen LogP contribution is 2.54. The third-order valence-corrected chi connectivity index (χ3v) is 5.05. The van der Waals surface area contributed by atoms with E-state index in [9.17, 15) is 4.79 Å². The van der Waals surface area contributed by atoms with E-state index in [0.717, 1.165) is 50.4 Å². The van der Waals surface area contributed by atoms with Crippen molar-refractivity contribution in [2.24, 2.45) is 17.8 Å². The normalized spacial score (nSPS) is 46.2. The highest BCUT2D eigenvalue weighted by Gasteiger charge is 2.48. The summed E-state index contributed by atoms with van der Waals surface area (Å²) in [5.74, 6) is 2.45. The number of carbonyl (C=O) groups is 1.